The number of hydrogen-bond acceptors (Lipinski definition) is 3. The van der Waals surface area contributed by atoms with E-state index in [0.717, 1.165) is 11.3 Å². The van der Waals surface area contributed by atoms with E-state index in [1.807, 2.05) is 24.3 Å². The monoisotopic (exact) mass is 185 g/mol. The molecule has 1 aromatic carbocycles. The van der Waals surface area contributed by atoms with Crippen LogP contribution in [-0.2, 0) is 0 Å². The maximum atomic E-state index is 5.55. The molecule has 1 heterocycles. The molecule has 0 amide bonds. The van der Waals surface area contributed by atoms with Gasteiger partial charge in [-0.2, -0.15) is 0 Å². The average molecular weight is 185 g/mol. The minimum absolute atomic E-state index is 0.447. The molecule has 0 spiro atoms. The molecule has 0 bridgehead atoms. The molecule has 14 heavy (non-hydrogen) atoms. The van der Waals surface area contributed by atoms with Gasteiger partial charge in [0.1, 0.15) is 5.82 Å². The number of nitrogens with two attached hydrogens (primary N) is 1. The van der Waals surface area contributed by atoms with Crippen LogP contribution < -0.4 is 5.73 Å². The zero-order chi connectivity index (χ0) is 9.97. The predicted octanol–water partition coefficient (Wildman–Crippen LogP) is 2.03. The van der Waals surface area contributed by atoms with E-state index >= 15 is 0 Å². The summed E-state index contributed by atoms with van der Waals surface area (Å²) in [6, 6.07) is 8.11. The van der Waals surface area contributed by atoms with Gasteiger partial charge < -0.3 is 5.73 Å². The second-order valence-corrected chi connectivity index (χ2v) is 3.20. The van der Waals surface area contributed by atoms with E-state index in [9.17, 15) is 0 Å². The molecule has 2 aromatic rings. The van der Waals surface area contributed by atoms with Gasteiger partial charge in [0.25, 0.3) is 0 Å². The van der Waals surface area contributed by atoms with Crippen LogP contribution in [0.25, 0.3) is 11.3 Å². The molecule has 0 aliphatic heterocycles. The van der Waals surface area contributed by atoms with Crippen LogP contribution in [0.15, 0.2) is 36.7 Å². The SMILES string of the molecule is Cc1ccc(-c2cncc(N)n2)cc1. The number of nitrogens with zero attached hydrogens (tertiary/aromatic N) is 2. The Balaban J connectivity index is 2.44. The summed E-state index contributed by atoms with van der Waals surface area (Å²) >= 11 is 0. The molecule has 2 rings (SSSR count). The van der Waals surface area contributed by atoms with Crippen LogP contribution in [0.5, 0.6) is 0 Å². The van der Waals surface area contributed by atoms with Crippen molar-refractivity contribution in [1.29, 1.82) is 0 Å². The van der Waals surface area contributed by atoms with Crippen molar-refractivity contribution in [2.24, 2.45) is 0 Å². The maximum absolute atomic E-state index is 5.55. The summed E-state index contributed by atoms with van der Waals surface area (Å²) in [6.45, 7) is 2.05. The van der Waals surface area contributed by atoms with Gasteiger partial charge in [-0.25, -0.2) is 4.98 Å². The van der Waals surface area contributed by atoms with E-state index in [0.29, 0.717) is 5.82 Å². The summed E-state index contributed by atoms with van der Waals surface area (Å²) in [5.41, 5.74) is 8.63. The highest BCUT2D eigenvalue weighted by molar-refractivity contribution is 5.59. The highest BCUT2D eigenvalue weighted by atomic mass is 14.9. The fourth-order valence-corrected chi connectivity index (χ4v) is 1.24. The van der Waals surface area contributed by atoms with Crippen LogP contribution in [-0.4, -0.2) is 9.97 Å². The van der Waals surface area contributed by atoms with Crippen LogP contribution in [0.1, 0.15) is 5.56 Å². The van der Waals surface area contributed by atoms with Gasteiger partial charge in [0, 0.05) is 5.56 Å². The van der Waals surface area contributed by atoms with Crippen molar-refractivity contribution < 1.29 is 0 Å². The second-order valence-electron chi connectivity index (χ2n) is 3.20. The van der Waals surface area contributed by atoms with Crippen molar-refractivity contribution in [3.8, 4) is 11.3 Å². The smallest absolute Gasteiger partial charge is 0.142 e. The van der Waals surface area contributed by atoms with Crippen LogP contribution in [0.4, 0.5) is 5.82 Å². The second kappa shape index (κ2) is 3.46. The third-order valence-electron chi connectivity index (χ3n) is 2.00. The summed E-state index contributed by atoms with van der Waals surface area (Å²) in [7, 11) is 0. The molecular weight excluding hydrogens is 174 g/mol. The lowest BCUT2D eigenvalue weighted by molar-refractivity contribution is 1.21. The van der Waals surface area contributed by atoms with Crippen LogP contribution in [0, 0.1) is 6.92 Å². The largest absolute Gasteiger partial charge is 0.382 e. The summed E-state index contributed by atoms with van der Waals surface area (Å²) < 4.78 is 0. The Labute approximate surface area is 82.6 Å². The Morgan fingerprint density at radius 2 is 1.79 bits per heavy atom. The van der Waals surface area contributed by atoms with E-state index in [1.165, 1.54) is 11.8 Å². The predicted molar refractivity (Wildman–Crippen MR) is 56.6 cm³/mol. The molecule has 0 aliphatic rings. The first-order valence-corrected chi connectivity index (χ1v) is 4.40. The summed E-state index contributed by atoms with van der Waals surface area (Å²) in [4.78, 5) is 8.18. The van der Waals surface area contributed by atoms with E-state index in [2.05, 4.69) is 16.9 Å². The lowest BCUT2D eigenvalue weighted by Crippen LogP contribution is -1.93. The zero-order valence-corrected chi connectivity index (χ0v) is 7.94. The molecule has 0 aliphatic carbocycles. The third kappa shape index (κ3) is 1.71. The van der Waals surface area contributed by atoms with Crippen LogP contribution in [0.2, 0.25) is 0 Å². The number of aryl methyl sites for hydroxylation is 1. The van der Waals surface area contributed by atoms with Gasteiger partial charge in [-0.3, -0.25) is 4.98 Å². The van der Waals surface area contributed by atoms with E-state index in [4.69, 9.17) is 5.73 Å². The summed E-state index contributed by atoms with van der Waals surface area (Å²) in [5, 5.41) is 0. The molecule has 3 nitrogen and oxygen atoms in total. The van der Waals surface area contributed by atoms with E-state index in [-0.39, 0.29) is 0 Å². The first-order chi connectivity index (χ1) is 6.75. The topological polar surface area (TPSA) is 51.8 Å². The first kappa shape index (κ1) is 8.69. The van der Waals surface area contributed by atoms with Gasteiger partial charge >= 0.3 is 0 Å². The zero-order valence-electron chi connectivity index (χ0n) is 7.94. The third-order valence-corrected chi connectivity index (χ3v) is 2.00. The Morgan fingerprint density at radius 3 is 2.43 bits per heavy atom. The van der Waals surface area contributed by atoms with Gasteiger partial charge in [0.15, 0.2) is 0 Å². The maximum Gasteiger partial charge on any atom is 0.142 e. The first-order valence-electron chi connectivity index (χ1n) is 4.40. The van der Waals surface area contributed by atoms with Gasteiger partial charge in [-0.1, -0.05) is 29.8 Å². The molecule has 0 saturated heterocycles. The van der Waals surface area contributed by atoms with Gasteiger partial charge in [0.05, 0.1) is 18.1 Å². The molecule has 1 aromatic heterocycles. The van der Waals surface area contributed by atoms with Crippen molar-refractivity contribution in [3.05, 3.63) is 42.2 Å². The Hall–Kier alpha value is -1.90. The number of hydrogen-bond donors (Lipinski definition) is 1. The number of rotatable bonds is 1. The molecule has 0 saturated carbocycles. The van der Waals surface area contributed by atoms with E-state index in [1.54, 1.807) is 6.20 Å². The molecule has 3 heteroatoms. The number of benzene rings is 1. The highest BCUT2D eigenvalue weighted by Crippen LogP contribution is 2.16. The highest BCUT2D eigenvalue weighted by Gasteiger charge is 1.98. The van der Waals surface area contributed by atoms with Crippen molar-refractivity contribution in [2.45, 2.75) is 6.92 Å². The minimum Gasteiger partial charge on any atom is -0.382 e. The number of anilines is 1. The number of nitrogen functional groups attached to an aromatic ring is 1. The Bertz CT molecular complexity index is 435. The fraction of sp³-hybridized carbons (Fsp3) is 0.0909. The van der Waals surface area contributed by atoms with Crippen molar-refractivity contribution >= 4 is 5.82 Å². The van der Waals surface area contributed by atoms with Gasteiger partial charge in [-0.15, -0.1) is 0 Å². The van der Waals surface area contributed by atoms with E-state index < -0.39 is 0 Å². The Morgan fingerprint density at radius 1 is 1.07 bits per heavy atom. The average Bonchev–Trinajstić information content (AvgIpc) is 2.19. The summed E-state index contributed by atoms with van der Waals surface area (Å²) in [5.74, 6) is 0.447. The molecule has 0 radical (unpaired) electrons. The lowest BCUT2D eigenvalue weighted by atomic mass is 10.1. The van der Waals surface area contributed by atoms with Crippen LogP contribution >= 0.6 is 0 Å². The minimum atomic E-state index is 0.447. The van der Waals surface area contributed by atoms with Gasteiger partial charge in [-0.05, 0) is 6.92 Å². The van der Waals surface area contributed by atoms with Gasteiger partial charge in [0.2, 0.25) is 0 Å². The molecule has 0 fully saturated rings. The normalized spacial score (nSPS) is 10.1. The summed E-state index contributed by atoms with van der Waals surface area (Å²) in [6.07, 6.45) is 3.25. The molecule has 2 N–H and O–H groups in total. The fourth-order valence-electron chi connectivity index (χ4n) is 1.24. The molecule has 0 unspecified atom stereocenters. The van der Waals surface area contributed by atoms with Crippen molar-refractivity contribution in [3.63, 3.8) is 0 Å². The van der Waals surface area contributed by atoms with Crippen molar-refractivity contribution in [1.82, 2.24) is 9.97 Å². The quantitative estimate of drug-likeness (QED) is 0.739. The standard InChI is InChI=1S/C11H11N3/c1-8-2-4-9(5-3-8)10-6-13-7-11(12)14-10/h2-7H,1H3,(H2,12,14). The Kier molecular flexibility index (Phi) is 2.14. The molecule has 0 atom stereocenters. The molecule has 70 valence electrons. The van der Waals surface area contributed by atoms with Crippen LogP contribution in [0.3, 0.4) is 0 Å². The van der Waals surface area contributed by atoms with Crippen molar-refractivity contribution in [2.75, 3.05) is 5.73 Å². The molecular formula is C11H11N3. The number of aromatic nitrogens is 2. The lowest BCUT2D eigenvalue weighted by Gasteiger charge is -2.01.